The van der Waals surface area contributed by atoms with Crippen molar-refractivity contribution in [3.05, 3.63) is 29.3 Å². The van der Waals surface area contributed by atoms with Gasteiger partial charge in [-0.05, 0) is 19.1 Å². The summed E-state index contributed by atoms with van der Waals surface area (Å²) in [4.78, 5) is 11.7. The highest BCUT2D eigenvalue weighted by Crippen LogP contribution is 2.25. The molecule has 0 saturated heterocycles. The number of fused-ring (bicyclic) bond motifs is 1. The molecule has 1 heterocycles. The Bertz CT molecular complexity index is 357. The molecule has 2 nitrogen and oxygen atoms in total. The van der Waals surface area contributed by atoms with Gasteiger partial charge in [-0.3, -0.25) is 4.79 Å². The van der Waals surface area contributed by atoms with E-state index in [4.69, 9.17) is 0 Å². The van der Waals surface area contributed by atoms with Crippen molar-refractivity contribution in [2.24, 2.45) is 5.92 Å². The first kappa shape index (κ1) is 8.30. The van der Waals surface area contributed by atoms with Crippen LogP contribution in [0.4, 0.5) is 5.69 Å². The number of nitrogens with one attached hydrogen (secondary N) is 1. The fourth-order valence-corrected chi connectivity index (χ4v) is 1.64. The number of hydrogen-bond donors (Lipinski definition) is 1. The van der Waals surface area contributed by atoms with Gasteiger partial charge in [-0.15, -0.1) is 0 Å². The Balaban J connectivity index is 2.51. The average Bonchev–Trinajstić information content (AvgIpc) is 2.12. The molecule has 0 bridgehead atoms. The minimum Gasteiger partial charge on any atom is -0.384 e. The highest BCUT2D eigenvalue weighted by atomic mass is 16.1. The Morgan fingerprint density at radius 3 is 3.00 bits per heavy atom. The van der Waals surface area contributed by atoms with Gasteiger partial charge in [-0.1, -0.05) is 18.6 Å². The van der Waals surface area contributed by atoms with Crippen LogP contribution in [0, 0.1) is 12.8 Å². The Kier molecular flexibility index (Phi) is 1.83. The number of benzene rings is 1. The molecular weight excluding hydrogens is 162 g/mol. The molecule has 0 saturated carbocycles. The van der Waals surface area contributed by atoms with Crippen LogP contribution in [0.5, 0.6) is 0 Å². The van der Waals surface area contributed by atoms with E-state index in [0.29, 0.717) is 0 Å². The third-order valence-corrected chi connectivity index (χ3v) is 2.49. The van der Waals surface area contributed by atoms with Crippen LogP contribution in [-0.4, -0.2) is 12.3 Å². The Labute approximate surface area is 78.0 Å². The predicted octanol–water partition coefficient (Wildman–Crippen LogP) is 2.24. The van der Waals surface area contributed by atoms with Crippen LogP contribution in [0.3, 0.4) is 0 Å². The maximum atomic E-state index is 11.7. The van der Waals surface area contributed by atoms with Crippen LogP contribution in [0.1, 0.15) is 22.8 Å². The minimum absolute atomic E-state index is 0.106. The summed E-state index contributed by atoms with van der Waals surface area (Å²) < 4.78 is 0. The molecule has 1 aliphatic rings. The van der Waals surface area contributed by atoms with Crippen LogP contribution in [-0.2, 0) is 0 Å². The van der Waals surface area contributed by atoms with Crippen LogP contribution in [0.2, 0.25) is 0 Å². The van der Waals surface area contributed by atoms with Crippen molar-refractivity contribution in [1.82, 2.24) is 0 Å². The van der Waals surface area contributed by atoms with Crippen LogP contribution in [0.25, 0.3) is 0 Å². The van der Waals surface area contributed by atoms with E-state index < -0.39 is 0 Å². The van der Waals surface area contributed by atoms with Crippen LogP contribution in [0.15, 0.2) is 18.2 Å². The topological polar surface area (TPSA) is 29.1 Å². The molecule has 0 spiro atoms. The summed E-state index contributed by atoms with van der Waals surface area (Å²) in [5, 5.41) is 3.25. The molecule has 1 aromatic rings. The molecule has 0 fully saturated rings. The number of Topliss-reactive ketones (excluding diaryl/α,β-unsaturated/α-hetero) is 1. The second-order valence-electron chi connectivity index (χ2n) is 3.70. The molecule has 2 rings (SSSR count). The molecule has 68 valence electrons. The molecule has 0 radical (unpaired) electrons. The predicted molar refractivity (Wildman–Crippen MR) is 53.2 cm³/mol. The third kappa shape index (κ3) is 1.32. The van der Waals surface area contributed by atoms with Crippen molar-refractivity contribution < 1.29 is 4.79 Å². The lowest BCUT2D eigenvalue weighted by Gasteiger charge is -2.22. The molecule has 0 amide bonds. The van der Waals surface area contributed by atoms with Gasteiger partial charge in [0.2, 0.25) is 0 Å². The lowest BCUT2D eigenvalue weighted by molar-refractivity contribution is 0.0932. The van der Waals surface area contributed by atoms with Gasteiger partial charge in [0.15, 0.2) is 5.78 Å². The Morgan fingerprint density at radius 1 is 1.46 bits per heavy atom. The number of aryl methyl sites for hydroxylation is 1. The number of hydrogen-bond acceptors (Lipinski definition) is 2. The van der Waals surface area contributed by atoms with E-state index >= 15 is 0 Å². The van der Waals surface area contributed by atoms with Crippen LogP contribution < -0.4 is 5.32 Å². The summed E-state index contributed by atoms with van der Waals surface area (Å²) in [7, 11) is 0. The van der Waals surface area contributed by atoms with Gasteiger partial charge in [-0.2, -0.15) is 0 Å². The lowest BCUT2D eigenvalue weighted by atomic mass is 9.93. The SMILES string of the molecule is Cc1ccc2c(c1)C(=O)C(C)CN2. The summed E-state index contributed by atoms with van der Waals surface area (Å²) >= 11 is 0. The zero-order chi connectivity index (χ0) is 9.42. The van der Waals surface area contributed by atoms with E-state index in [1.807, 2.05) is 32.0 Å². The van der Waals surface area contributed by atoms with Crippen LogP contribution >= 0.6 is 0 Å². The van der Waals surface area contributed by atoms with Crippen molar-refractivity contribution >= 4 is 11.5 Å². The average molecular weight is 175 g/mol. The first-order valence-corrected chi connectivity index (χ1v) is 4.57. The second-order valence-corrected chi connectivity index (χ2v) is 3.70. The van der Waals surface area contributed by atoms with E-state index in [-0.39, 0.29) is 11.7 Å². The number of anilines is 1. The van der Waals surface area contributed by atoms with Crippen molar-refractivity contribution in [3.63, 3.8) is 0 Å². The molecular formula is C11H13NO. The van der Waals surface area contributed by atoms with E-state index in [9.17, 15) is 4.79 Å². The highest BCUT2D eigenvalue weighted by Gasteiger charge is 2.22. The number of carbonyl (C=O) groups excluding carboxylic acids is 1. The fourth-order valence-electron chi connectivity index (χ4n) is 1.64. The van der Waals surface area contributed by atoms with Crippen molar-refractivity contribution in [3.8, 4) is 0 Å². The molecule has 1 aromatic carbocycles. The largest absolute Gasteiger partial charge is 0.384 e. The van der Waals surface area contributed by atoms with Crippen molar-refractivity contribution in [2.45, 2.75) is 13.8 Å². The maximum Gasteiger partial charge on any atom is 0.169 e. The van der Waals surface area contributed by atoms with Gasteiger partial charge in [0.05, 0.1) is 0 Å². The molecule has 1 N–H and O–H groups in total. The number of carbonyl (C=O) groups is 1. The quantitative estimate of drug-likeness (QED) is 0.655. The molecule has 13 heavy (non-hydrogen) atoms. The summed E-state index contributed by atoms with van der Waals surface area (Å²) in [5.41, 5.74) is 2.97. The van der Waals surface area contributed by atoms with E-state index in [1.165, 1.54) is 0 Å². The molecule has 1 atom stereocenters. The minimum atomic E-state index is 0.106. The number of rotatable bonds is 0. The smallest absolute Gasteiger partial charge is 0.169 e. The Morgan fingerprint density at radius 2 is 2.23 bits per heavy atom. The van der Waals surface area contributed by atoms with Gasteiger partial charge in [0, 0.05) is 23.7 Å². The Hall–Kier alpha value is -1.31. The van der Waals surface area contributed by atoms with Gasteiger partial charge in [0.1, 0.15) is 0 Å². The molecule has 0 aromatic heterocycles. The lowest BCUT2D eigenvalue weighted by Crippen LogP contribution is -2.27. The summed E-state index contributed by atoms with van der Waals surface area (Å²) in [6.45, 7) is 4.72. The normalized spacial score (nSPS) is 20.8. The maximum absolute atomic E-state index is 11.7. The van der Waals surface area contributed by atoms with E-state index in [0.717, 1.165) is 23.4 Å². The summed E-state index contributed by atoms with van der Waals surface area (Å²) in [5.74, 6) is 0.367. The molecule has 1 unspecified atom stereocenters. The van der Waals surface area contributed by atoms with E-state index in [2.05, 4.69) is 5.32 Å². The fraction of sp³-hybridized carbons (Fsp3) is 0.364. The van der Waals surface area contributed by atoms with Crippen molar-refractivity contribution in [2.75, 3.05) is 11.9 Å². The van der Waals surface area contributed by atoms with Gasteiger partial charge < -0.3 is 5.32 Å². The van der Waals surface area contributed by atoms with Crippen molar-refractivity contribution in [1.29, 1.82) is 0 Å². The first-order chi connectivity index (χ1) is 6.18. The zero-order valence-corrected chi connectivity index (χ0v) is 7.92. The second kappa shape index (κ2) is 2.87. The number of ketones is 1. The monoisotopic (exact) mass is 175 g/mol. The van der Waals surface area contributed by atoms with E-state index in [1.54, 1.807) is 0 Å². The molecule has 1 aliphatic heterocycles. The molecule has 2 heteroatoms. The first-order valence-electron chi connectivity index (χ1n) is 4.57. The van der Waals surface area contributed by atoms with Gasteiger partial charge in [-0.25, -0.2) is 0 Å². The van der Waals surface area contributed by atoms with Gasteiger partial charge in [0.25, 0.3) is 0 Å². The highest BCUT2D eigenvalue weighted by molar-refractivity contribution is 6.04. The molecule has 0 aliphatic carbocycles. The van der Waals surface area contributed by atoms with Gasteiger partial charge >= 0.3 is 0 Å². The summed E-state index contributed by atoms with van der Waals surface area (Å²) in [6.07, 6.45) is 0. The zero-order valence-electron chi connectivity index (χ0n) is 7.92. The third-order valence-electron chi connectivity index (χ3n) is 2.49. The standard InChI is InChI=1S/C11H13NO/c1-7-3-4-10-9(5-7)11(13)8(2)6-12-10/h3-5,8,12H,6H2,1-2H3. The summed E-state index contributed by atoms with van der Waals surface area (Å²) in [6, 6.07) is 5.96.